The van der Waals surface area contributed by atoms with Crippen molar-refractivity contribution in [3.05, 3.63) is 54.0 Å². The van der Waals surface area contributed by atoms with E-state index >= 15 is 0 Å². The van der Waals surface area contributed by atoms with Gasteiger partial charge in [-0.2, -0.15) is 0 Å². The zero-order chi connectivity index (χ0) is 26.2. The van der Waals surface area contributed by atoms with Gasteiger partial charge >= 0.3 is 0 Å². The number of aromatic nitrogens is 3. The number of likely N-dealkylation sites (N-methyl/N-ethyl adjacent to an activating group) is 1. The van der Waals surface area contributed by atoms with Crippen molar-refractivity contribution in [3.8, 4) is 23.1 Å². The Hall–Kier alpha value is -3.77. The maximum absolute atomic E-state index is 14.5. The fraction of sp³-hybridized carbons (Fsp3) is 0.400. The average Bonchev–Trinajstić information content (AvgIpc) is 2.92. The van der Waals surface area contributed by atoms with Gasteiger partial charge in [-0.1, -0.05) is 0 Å². The minimum absolute atomic E-state index is 0.146. The van der Waals surface area contributed by atoms with Gasteiger partial charge in [-0.15, -0.1) is 0 Å². The van der Waals surface area contributed by atoms with Crippen molar-refractivity contribution in [1.29, 1.82) is 0 Å². The van der Waals surface area contributed by atoms with Crippen molar-refractivity contribution in [2.75, 3.05) is 65.9 Å². The van der Waals surface area contributed by atoms with Crippen LogP contribution in [0.5, 0.6) is 23.1 Å². The average molecular weight is 517 g/mol. The highest BCUT2D eigenvalue weighted by atomic mass is 19.1. The molecule has 1 saturated heterocycles. The summed E-state index contributed by atoms with van der Waals surface area (Å²) in [6, 6.07) is 4.73. The highest BCUT2D eigenvalue weighted by molar-refractivity contribution is 5.52. The number of nitrogens with zero attached hydrogens (tertiary/aromatic N) is 5. The number of piperazine rings is 1. The van der Waals surface area contributed by atoms with Gasteiger partial charge in [0.05, 0.1) is 44.1 Å². The van der Waals surface area contributed by atoms with Crippen molar-refractivity contribution in [2.45, 2.75) is 6.61 Å². The lowest BCUT2D eigenvalue weighted by atomic mass is 10.1. The monoisotopic (exact) mass is 516 g/mol. The van der Waals surface area contributed by atoms with E-state index in [1.165, 1.54) is 26.6 Å². The molecule has 0 unspecified atom stereocenters. The molecule has 4 rings (SSSR count). The first-order valence-corrected chi connectivity index (χ1v) is 11.8. The number of ether oxygens (including phenoxy) is 4. The van der Waals surface area contributed by atoms with E-state index in [4.69, 9.17) is 18.9 Å². The Morgan fingerprint density at radius 1 is 0.892 bits per heavy atom. The number of pyridine rings is 1. The summed E-state index contributed by atoms with van der Waals surface area (Å²) in [6.07, 6.45) is 4.41. The van der Waals surface area contributed by atoms with E-state index in [1.807, 2.05) is 6.07 Å². The number of hydrogen-bond acceptors (Lipinski definition) is 10. The molecule has 3 aromatic rings. The zero-order valence-electron chi connectivity index (χ0n) is 21.0. The molecule has 0 amide bonds. The van der Waals surface area contributed by atoms with Crippen LogP contribution in [0.2, 0.25) is 0 Å². The highest BCUT2D eigenvalue weighted by Crippen LogP contribution is 2.32. The van der Waals surface area contributed by atoms with Crippen LogP contribution in [0.4, 0.5) is 20.4 Å². The van der Waals surface area contributed by atoms with Gasteiger partial charge in [-0.05, 0) is 13.1 Å². The van der Waals surface area contributed by atoms with Gasteiger partial charge in [0.1, 0.15) is 13.2 Å². The largest absolute Gasteiger partial charge is 0.494 e. The second kappa shape index (κ2) is 12.5. The molecule has 1 fully saturated rings. The molecule has 198 valence electrons. The van der Waals surface area contributed by atoms with Crippen molar-refractivity contribution in [1.82, 2.24) is 24.8 Å². The van der Waals surface area contributed by atoms with Crippen molar-refractivity contribution < 1.29 is 27.7 Å². The Morgan fingerprint density at radius 2 is 1.57 bits per heavy atom. The molecule has 1 aliphatic rings. The molecule has 0 bridgehead atoms. The Labute approximate surface area is 214 Å². The van der Waals surface area contributed by atoms with Crippen LogP contribution in [-0.2, 0) is 6.61 Å². The summed E-state index contributed by atoms with van der Waals surface area (Å²) in [5, 5.41) is 3.03. The summed E-state index contributed by atoms with van der Waals surface area (Å²) in [5.74, 6) is -0.941. The standard InChI is InChI=1S/C25H30F2N6O4/c1-32-6-8-33(9-7-32)10-11-36-22-5-4-17(13-28-22)31-25-29-14-18(15-30-25)37-16-19-23(26)20(34-2)12-21(35-3)24(19)27/h4-5,12-15H,6-11,16H2,1-3H3,(H,29,30,31). The first-order chi connectivity index (χ1) is 18.0. The van der Waals surface area contributed by atoms with Crippen LogP contribution in [0.15, 0.2) is 36.8 Å². The summed E-state index contributed by atoms with van der Waals surface area (Å²) in [5.41, 5.74) is 0.350. The number of benzene rings is 1. The maximum atomic E-state index is 14.5. The van der Waals surface area contributed by atoms with E-state index in [9.17, 15) is 8.78 Å². The van der Waals surface area contributed by atoms with Crippen LogP contribution in [0, 0.1) is 11.6 Å². The molecular formula is C25H30F2N6O4. The van der Waals surface area contributed by atoms with Crippen molar-refractivity contribution >= 4 is 11.6 Å². The van der Waals surface area contributed by atoms with Gasteiger partial charge < -0.3 is 29.2 Å². The van der Waals surface area contributed by atoms with Gasteiger partial charge in [0.2, 0.25) is 11.8 Å². The fourth-order valence-electron chi connectivity index (χ4n) is 3.69. The number of methoxy groups -OCH3 is 2. The van der Waals surface area contributed by atoms with E-state index in [0.717, 1.165) is 38.8 Å². The lowest BCUT2D eigenvalue weighted by Gasteiger charge is -2.32. The van der Waals surface area contributed by atoms with Crippen LogP contribution >= 0.6 is 0 Å². The molecule has 3 heterocycles. The second-order valence-corrected chi connectivity index (χ2v) is 8.42. The molecule has 10 nitrogen and oxygen atoms in total. The summed E-state index contributed by atoms with van der Waals surface area (Å²) >= 11 is 0. The first kappa shape index (κ1) is 26.3. The number of halogens is 2. The van der Waals surface area contributed by atoms with E-state index in [1.54, 1.807) is 12.3 Å². The number of anilines is 2. The van der Waals surface area contributed by atoms with Gasteiger partial charge in [0.25, 0.3) is 0 Å². The molecular weight excluding hydrogens is 486 g/mol. The molecule has 0 spiro atoms. The minimum atomic E-state index is -0.862. The number of rotatable bonds is 11. The van der Waals surface area contributed by atoms with E-state index in [2.05, 4.69) is 37.1 Å². The van der Waals surface area contributed by atoms with Crippen molar-refractivity contribution in [2.24, 2.45) is 0 Å². The molecule has 1 N–H and O–H groups in total. The third-order valence-corrected chi connectivity index (χ3v) is 5.92. The third kappa shape index (κ3) is 6.92. The molecule has 2 aromatic heterocycles. The Bertz CT molecular complexity index is 1130. The van der Waals surface area contributed by atoms with Crippen LogP contribution in [0.3, 0.4) is 0 Å². The topological polar surface area (TPSA) is 94.1 Å². The molecule has 0 atom stereocenters. The van der Waals surface area contributed by atoms with E-state index in [0.29, 0.717) is 24.1 Å². The van der Waals surface area contributed by atoms with Gasteiger partial charge in [0.15, 0.2) is 28.9 Å². The SMILES string of the molecule is COc1cc(OC)c(F)c(COc2cnc(Nc3ccc(OCCN4CCN(C)CC4)nc3)nc2)c1F. The summed E-state index contributed by atoms with van der Waals surface area (Å²) < 4.78 is 50.1. The summed E-state index contributed by atoms with van der Waals surface area (Å²) in [7, 11) is 4.70. The number of hydrogen-bond donors (Lipinski definition) is 1. The highest BCUT2D eigenvalue weighted by Gasteiger charge is 2.20. The van der Waals surface area contributed by atoms with Crippen LogP contribution in [-0.4, -0.2) is 85.3 Å². The predicted octanol–water partition coefficient (Wildman–Crippen LogP) is 3.12. The molecule has 0 aliphatic carbocycles. The maximum Gasteiger partial charge on any atom is 0.227 e. The smallest absolute Gasteiger partial charge is 0.227 e. The molecule has 12 heteroatoms. The fourth-order valence-corrected chi connectivity index (χ4v) is 3.69. The van der Waals surface area contributed by atoms with Gasteiger partial charge in [-0.25, -0.2) is 23.7 Å². The normalized spacial score (nSPS) is 14.3. The lowest BCUT2D eigenvalue weighted by molar-refractivity contribution is 0.132. The molecule has 37 heavy (non-hydrogen) atoms. The summed E-state index contributed by atoms with van der Waals surface area (Å²) in [4.78, 5) is 17.4. The lowest BCUT2D eigenvalue weighted by Crippen LogP contribution is -2.45. The number of nitrogens with one attached hydrogen (secondary N) is 1. The Kier molecular flexibility index (Phi) is 8.86. The molecule has 1 aliphatic heterocycles. The Balaban J connectivity index is 1.27. The molecule has 0 saturated carbocycles. The third-order valence-electron chi connectivity index (χ3n) is 5.92. The Morgan fingerprint density at radius 3 is 2.16 bits per heavy atom. The molecule has 0 radical (unpaired) electrons. The van der Waals surface area contributed by atoms with Crippen molar-refractivity contribution in [3.63, 3.8) is 0 Å². The molecule has 1 aromatic carbocycles. The minimum Gasteiger partial charge on any atom is -0.494 e. The zero-order valence-corrected chi connectivity index (χ0v) is 21.0. The predicted molar refractivity (Wildman–Crippen MR) is 133 cm³/mol. The van der Waals surface area contributed by atoms with Gasteiger partial charge in [-0.3, -0.25) is 4.90 Å². The van der Waals surface area contributed by atoms with Gasteiger partial charge in [0, 0.05) is 44.9 Å². The van der Waals surface area contributed by atoms with Crippen LogP contribution in [0.1, 0.15) is 5.56 Å². The van der Waals surface area contributed by atoms with Crippen LogP contribution < -0.4 is 24.3 Å². The van der Waals surface area contributed by atoms with E-state index in [-0.39, 0.29) is 22.8 Å². The summed E-state index contributed by atoms with van der Waals surface area (Å²) in [6.45, 7) is 5.27. The quantitative estimate of drug-likeness (QED) is 0.410. The first-order valence-electron chi connectivity index (χ1n) is 11.8. The van der Waals surface area contributed by atoms with E-state index < -0.39 is 18.2 Å². The van der Waals surface area contributed by atoms with Crippen LogP contribution in [0.25, 0.3) is 0 Å². The second-order valence-electron chi connectivity index (χ2n) is 8.42.